The second-order valence-corrected chi connectivity index (χ2v) is 4.41. The third-order valence-corrected chi connectivity index (χ3v) is 2.86. The molecule has 0 aliphatic heterocycles. The maximum atomic E-state index is 13.2. The van der Waals surface area contributed by atoms with Gasteiger partial charge in [0, 0.05) is 37.5 Å². The van der Waals surface area contributed by atoms with Crippen molar-refractivity contribution in [3.8, 4) is 0 Å². The highest BCUT2D eigenvalue weighted by Crippen LogP contribution is 2.11. The Morgan fingerprint density at radius 3 is 2.95 bits per heavy atom. The lowest BCUT2D eigenvalue weighted by Crippen LogP contribution is -2.20. The quantitative estimate of drug-likeness (QED) is 0.328. The molecule has 0 aliphatic carbocycles. The van der Waals surface area contributed by atoms with Crippen molar-refractivity contribution >= 4 is 5.84 Å². The molecular formula is C13H16FN5O. The van der Waals surface area contributed by atoms with Gasteiger partial charge >= 0.3 is 0 Å². The lowest BCUT2D eigenvalue weighted by Gasteiger charge is -2.09. The van der Waals surface area contributed by atoms with E-state index in [0.717, 1.165) is 11.1 Å². The standard InChI is InChI=1S/C13H16FN5O/c1-19-8-9(6-17-19)5-16-7-10-2-3-11(14)4-12(10)13(15)18-20/h2-4,6,8,16,20H,5,7H2,1H3,(H2,15,18). The van der Waals surface area contributed by atoms with E-state index in [9.17, 15) is 4.39 Å². The molecule has 0 bridgehead atoms. The van der Waals surface area contributed by atoms with Crippen molar-refractivity contribution in [2.24, 2.45) is 17.9 Å². The first kappa shape index (κ1) is 14.0. The van der Waals surface area contributed by atoms with Gasteiger partial charge in [-0.1, -0.05) is 11.2 Å². The van der Waals surface area contributed by atoms with Gasteiger partial charge in [0.1, 0.15) is 5.82 Å². The van der Waals surface area contributed by atoms with Gasteiger partial charge in [-0.15, -0.1) is 0 Å². The molecule has 0 aliphatic rings. The first-order valence-electron chi connectivity index (χ1n) is 6.04. The minimum atomic E-state index is -0.428. The molecule has 0 unspecified atom stereocenters. The number of benzene rings is 1. The van der Waals surface area contributed by atoms with Crippen LogP contribution in [0.5, 0.6) is 0 Å². The summed E-state index contributed by atoms with van der Waals surface area (Å²) in [5.41, 5.74) is 7.72. The molecule has 20 heavy (non-hydrogen) atoms. The minimum Gasteiger partial charge on any atom is -0.409 e. The number of amidine groups is 1. The molecule has 2 rings (SSSR count). The predicted molar refractivity (Wildman–Crippen MR) is 72.7 cm³/mol. The predicted octanol–water partition coefficient (Wildman–Crippen LogP) is 0.943. The number of halogens is 1. The van der Waals surface area contributed by atoms with Crippen LogP contribution >= 0.6 is 0 Å². The molecule has 0 amide bonds. The molecule has 0 saturated heterocycles. The van der Waals surface area contributed by atoms with Crippen LogP contribution in [0, 0.1) is 5.82 Å². The highest BCUT2D eigenvalue weighted by Gasteiger charge is 2.08. The number of nitrogens with one attached hydrogen (secondary N) is 1. The van der Waals surface area contributed by atoms with Crippen molar-refractivity contribution in [1.29, 1.82) is 0 Å². The number of aryl methyl sites for hydroxylation is 1. The van der Waals surface area contributed by atoms with Crippen LogP contribution in [0.2, 0.25) is 0 Å². The Hall–Kier alpha value is -2.41. The third kappa shape index (κ3) is 3.33. The van der Waals surface area contributed by atoms with E-state index in [1.807, 2.05) is 13.2 Å². The summed E-state index contributed by atoms with van der Waals surface area (Å²) in [6.45, 7) is 1.10. The molecule has 0 fully saturated rings. The van der Waals surface area contributed by atoms with E-state index in [1.54, 1.807) is 16.9 Å². The molecule has 1 heterocycles. The number of hydrogen-bond donors (Lipinski definition) is 3. The Balaban J connectivity index is 2.05. The van der Waals surface area contributed by atoms with Crippen molar-refractivity contribution in [3.05, 3.63) is 53.1 Å². The van der Waals surface area contributed by atoms with Gasteiger partial charge in [0.05, 0.1) is 6.20 Å². The lowest BCUT2D eigenvalue weighted by atomic mass is 10.1. The monoisotopic (exact) mass is 277 g/mol. The van der Waals surface area contributed by atoms with Gasteiger partial charge in [-0.2, -0.15) is 5.10 Å². The van der Waals surface area contributed by atoms with Crippen molar-refractivity contribution in [2.45, 2.75) is 13.1 Å². The highest BCUT2D eigenvalue weighted by molar-refractivity contribution is 5.98. The van der Waals surface area contributed by atoms with Crippen LogP contribution in [-0.4, -0.2) is 20.8 Å². The van der Waals surface area contributed by atoms with Crippen LogP contribution in [0.1, 0.15) is 16.7 Å². The van der Waals surface area contributed by atoms with Gasteiger partial charge in [-0.25, -0.2) is 4.39 Å². The Kier molecular flexibility index (Phi) is 4.31. The maximum Gasteiger partial charge on any atom is 0.170 e. The molecule has 1 aromatic carbocycles. The summed E-state index contributed by atoms with van der Waals surface area (Å²) in [4.78, 5) is 0. The minimum absolute atomic E-state index is 0.109. The highest BCUT2D eigenvalue weighted by atomic mass is 19.1. The molecule has 1 aromatic heterocycles. The maximum absolute atomic E-state index is 13.2. The first-order chi connectivity index (χ1) is 9.60. The molecule has 2 aromatic rings. The Labute approximate surface area is 115 Å². The van der Waals surface area contributed by atoms with Crippen molar-refractivity contribution in [3.63, 3.8) is 0 Å². The Bertz CT molecular complexity index is 623. The molecule has 6 nitrogen and oxygen atoms in total. The van der Waals surface area contributed by atoms with E-state index in [0.29, 0.717) is 18.7 Å². The second-order valence-electron chi connectivity index (χ2n) is 4.41. The summed E-state index contributed by atoms with van der Waals surface area (Å²) in [6, 6.07) is 4.20. The average molecular weight is 277 g/mol. The summed E-state index contributed by atoms with van der Waals surface area (Å²) in [5, 5.41) is 18.9. The van der Waals surface area contributed by atoms with Crippen LogP contribution in [0.3, 0.4) is 0 Å². The van der Waals surface area contributed by atoms with Gasteiger partial charge in [0.15, 0.2) is 5.84 Å². The largest absolute Gasteiger partial charge is 0.409 e. The third-order valence-electron chi connectivity index (χ3n) is 2.86. The van der Waals surface area contributed by atoms with Crippen LogP contribution in [0.4, 0.5) is 4.39 Å². The van der Waals surface area contributed by atoms with E-state index in [4.69, 9.17) is 10.9 Å². The van der Waals surface area contributed by atoms with Gasteiger partial charge < -0.3 is 16.3 Å². The van der Waals surface area contributed by atoms with E-state index in [1.165, 1.54) is 12.1 Å². The second kappa shape index (κ2) is 6.16. The first-order valence-corrected chi connectivity index (χ1v) is 6.04. The van der Waals surface area contributed by atoms with Gasteiger partial charge in [0.25, 0.3) is 0 Å². The number of hydrogen-bond acceptors (Lipinski definition) is 4. The zero-order chi connectivity index (χ0) is 14.5. The van der Waals surface area contributed by atoms with E-state index in [2.05, 4.69) is 15.6 Å². The van der Waals surface area contributed by atoms with Crippen molar-refractivity contribution in [1.82, 2.24) is 15.1 Å². The summed E-state index contributed by atoms with van der Waals surface area (Å²) < 4.78 is 14.9. The summed E-state index contributed by atoms with van der Waals surface area (Å²) in [6.07, 6.45) is 3.67. The molecule has 0 atom stereocenters. The summed E-state index contributed by atoms with van der Waals surface area (Å²) >= 11 is 0. The lowest BCUT2D eigenvalue weighted by molar-refractivity contribution is 0.318. The fourth-order valence-corrected chi connectivity index (χ4v) is 1.90. The van der Waals surface area contributed by atoms with Gasteiger partial charge in [-0.3, -0.25) is 4.68 Å². The van der Waals surface area contributed by atoms with E-state index < -0.39 is 5.82 Å². The molecule has 0 radical (unpaired) electrons. The number of nitrogens with two attached hydrogens (primary N) is 1. The van der Waals surface area contributed by atoms with Crippen LogP contribution in [0.15, 0.2) is 35.7 Å². The molecule has 4 N–H and O–H groups in total. The normalized spacial score (nSPS) is 11.8. The SMILES string of the molecule is Cn1cc(CNCc2ccc(F)cc2C(N)=NO)cn1. The Morgan fingerprint density at radius 2 is 2.30 bits per heavy atom. The van der Waals surface area contributed by atoms with Gasteiger partial charge in [0.2, 0.25) is 0 Å². The van der Waals surface area contributed by atoms with E-state index >= 15 is 0 Å². The molecule has 0 spiro atoms. The van der Waals surface area contributed by atoms with Crippen LogP contribution in [0.25, 0.3) is 0 Å². The van der Waals surface area contributed by atoms with Crippen LogP contribution < -0.4 is 11.1 Å². The number of oxime groups is 1. The van der Waals surface area contributed by atoms with Crippen LogP contribution in [-0.2, 0) is 20.1 Å². The van der Waals surface area contributed by atoms with Gasteiger partial charge in [-0.05, 0) is 17.7 Å². The smallest absolute Gasteiger partial charge is 0.170 e. The molecule has 0 saturated carbocycles. The Morgan fingerprint density at radius 1 is 1.50 bits per heavy atom. The molecule has 106 valence electrons. The number of aromatic nitrogens is 2. The topological polar surface area (TPSA) is 88.5 Å². The fourth-order valence-electron chi connectivity index (χ4n) is 1.90. The molecular weight excluding hydrogens is 261 g/mol. The molecule has 7 heteroatoms. The summed E-state index contributed by atoms with van der Waals surface area (Å²) in [7, 11) is 1.85. The zero-order valence-electron chi connectivity index (χ0n) is 11.0. The zero-order valence-corrected chi connectivity index (χ0v) is 11.0. The average Bonchev–Trinajstić information content (AvgIpc) is 2.85. The fraction of sp³-hybridized carbons (Fsp3) is 0.231. The van der Waals surface area contributed by atoms with Crippen molar-refractivity contribution < 1.29 is 9.60 Å². The number of rotatable bonds is 5. The van der Waals surface area contributed by atoms with Crippen molar-refractivity contribution in [2.75, 3.05) is 0 Å². The van der Waals surface area contributed by atoms with E-state index in [-0.39, 0.29) is 5.84 Å². The number of nitrogens with zero attached hydrogens (tertiary/aromatic N) is 3. The summed E-state index contributed by atoms with van der Waals surface area (Å²) in [5.74, 6) is -0.537.